The maximum Gasteiger partial charge on any atom is 0.417 e. The topological polar surface area (TPSA) is 58.7 Å². The molecular weight excluding hydrogens is 343 g/mol. The minimum absolute atomic E-state index is 0.0586. The van der Waals surface area contributed by atoms with Gasteiger partial charge in [-0.2, -0.15) is 18.4 Å². The predicted octanol–water partition coefficient (Wildman–Crippen LogP) is 4.21. The Bertz CT molecular complexity index is 1030. The molecule has 26 heavy (non-hydrogen) atoms. The van der Waals surface area contributed by atoms with Crippen LogP contribution in [-0.2, 0) is 13.2 Å². The zero-order valence-electron chi connectivity index (χ0n) is 13.6. The summed E-state index contributed by atoms with van der Waals surface area (Å²) in [5.41, 5.74) is -0.404. The smallest absolute Gasteiger partial charge is 0.331 e. The van der Waals surface area contributed by atoms with Crippen LogP contribution in [0.25, 0.3) is 11.1 Å². The quantitative estimate of drug-likeness (QED) is 0.662. The molecule has 0 unspecified atom stereocenters. The Balaban J connectivity index is 2.19. The number of alkyl halides is 3. The fourth-order valence-corrected chi connectivity index (χ4v) is 2.69. The van der Waals surface area contributed by atoms with Gasteiger partial charge in [-0.1, -0.05) is 18.2 Å². The third-order valence-electron chi connectivity index (χ3n) is 3.97. The molecule has 4 nitrogen and oxygen atoms in total. The summed E-state index contributed by atoms with van der Waals surface area (Å²) in [7, 11) is 1.64. The first kappa shape index (κ1) is 17.4. The Kier molecular flexibility index (Phi) is 4.34. The molecule has 0 spiro atoms. The van der Waals surface area contributed by atoms with Gasteiger partial charge in [-0.05, 0) is 29.8 Å². The molecule has 1 heterocycles. The lowest BCUT2D eigenvalue weighted by atomic mass is 9.92. The van der Waals surface area contributed by atoms with Gasteiger partial charge >= 0.3 is 6.18 Å². The van der Waals surface area contributed by atoms with Crippen LogP contribution in [0.3, 0.4) is 0 Å². The highest BCUT2D eigenvalue weighted by Crippen LogP contribution is 2.38. The lowest BCUT2D eigenvalue weighted by Gasteiger charge is -2.14. The van der Waals surface area contributed by atoms with Crippen molar-refractivity contribution in [1.29, 1.82) is 5.26 Å². The number of aromatic nitrogens is 2. The van der Waals surface area contributed by atoms with Crippen LogP contribution in [0.5, 0.6) is 0 Å². The number of nitrogens with zero attached hydrogens (tertiary/aromatic N) is 3. The highest BCUT2D eigenvalue weighted by Gasteiger charge is 2.34. The van der Waals surface area contributed by atoms with E-state index in [1.807, 2.05) is 6.07 Å². The Hall–Kier alpha value is -3.40. The Morgan fingerprint density at radius 3 is 2.50 bits per heavy atom. The Morgan fingerprint density at radius 1 is 1.15 bits per heavy atom. The van der Waals surface area contributed by atoms with Gasteiger partial charge in [0.1, 0.15) is 5.69 Å². The number of carbonyl (C=O) groups excluding carboxylic acids is 1. The van der Waals surface area contributed by atoms with Gasteiger partial charge in [-0.15, -0.1) is 0 Å². The fourth-order valence-electron chi connectivity index (χ4n) is 2.69. The summed E-state index contributed by atoms with van der Waals surface area (Å²) in [5, 5.41) is 9.30. The van der Waals surface area contributed by atoms with Gasteiger partial charge in [0, 0.05) is 18.2 Å². The van der Waals surface area contributed by atoms with Gasteiger partial charge < -0.3 is 4.57 Å². The first-order chi connectivity index (χ1) is 12.3. The van der Waals surface area contributed by atoms with E-state index in [-0.39, 0.29) is 28.0 Å². The second kappa shape index (κ2) is 6.48. The van der Waals surface area contributed by atoms with Crippen LogP contribution in [0.4, 0.5) is 13.2 Å². The first-order valence-electron chi connectivity index (χ1n) is 7.54. The monoisotopic (exact) mass is 355 g/mol. The van der Waals surface area contributed by atoms with Crippen molar-refractivity contribution in [1.82, 2.24) is 9.55 Å². The van der Waals surface area contributed by atoms with Gasteiger partial charge in [0.25, 0.3) is 0 Å². The molecule has 0 bridgehead atoms. The molecule has 0 saturated carbocycles. The van der Waals surface area contributed by atoms with E-state index in [0.717, 1.165) is 6.07 Å². The normalized spacial score (nSPS) is 11.2. The molecule has 3 rings (SSSR count). The Morgan fingerprint density at radius 2 is 1.88 bits per heavy atom. The van der Waals surface area contributed by atoms with Gasteiger partial charge in [0.2, 0.25) is 5.78 Å². The van der Waals surface area contributed by atoms with Crippen molar-refractivity contribution in [2.75, 3.05) is 0 Å². The van der Waals surface area contributed by atoms with Crippen LogP contribution in [0.2, 0.25) is 0 Å². The summed E-state index contributed by atoms with van der Waals surface area (Å²) in [6.45, 7) is 0. The van der Waals surface area contributed by atoms with Gasteiger partial charge in [0.15, 0.2) is 0 Å². The summed E-state index contributed by atoms with van der Waals surface area (Å²) in [5.74, 6) is -0.389. The van der Waals surface area contributed by atoms with E-state index in [1.165, 1.54) is 53.5 Å². The van der Waals surface area contributed by atoms with Gasteiger partial charge in [0.05, 0.1) is 29.7 Å². The molecule has 3 aromatic rings. The molecule has 2 aromatic carbocycles. The molecule has 0 saturated heterocycles. The number of aryl methyl sites for hydroxylation is 1. The van der Waals surface area contributed by atoms with E-state index in [1.54, 1.807) is 7.05 Å². The number of hydrogen-bond acceptors (Lipinski definition) is 3. The van der Waals surface area contributed by atoms with Gasteiger partial charge in [-0.3, -0.25) is 4.79 Å². The molecule has 130 valence electrons. The number of nitriles is 1. The van der Waals surface area contributed by atoms with E-state index < -0.39 is 11.7 Å². The van der Waals surface area contributed by atoms with Crippen molar-refractivity contribution in [2.45, 2.75) is 6.18 Å². The van der Waals surface area contributed by atoms with E-state index in [4.69, 9.17) is 0 Å². The molecule has 0 aliphatic heterocycles. The van der Waals surface area contributed by atoms with Crippen LogP contribution < -0.4 is 0 Å². The summed E-state index contributed by atoms with van der Waals surface area (Å²) >= 11 is 0. The average molecular weight is 355 g/mol. The minimum atomic E-state index is -4.58. The molecule has 0 aliphatic carbocycles. The maximum atomic E-state index is 13.3. The van der Waals surface area contributed by atoms with Crippen molar-refractivity contribution < 1.29 is 18.0 Å². The number of carbonyl (C=O) groups is 1. The Labute approximate surface area is 147 Å². The SMILES string of the molecule is Cn1cncc1C(=O)c1ccc(C#N)c(-c2ccccc2C(F)(F)F)c1. The molecular formula is C19H12F3N3O. The molecule has 7 heteroatoms. The van der Waals surface area contributed by atoms with Gasteiger partial charge in [-0.25, -0.2) is 4.98 Å². The number of benzene rings is 2. The predicted molar refractivity (Wildman–Crippen MR) is 88.2 cm³/mol. The average Bonchev–Trinajstić information content (AvgIpc) is 3.05. The van der Waals surface area contributed by atoms with Crippen LogP contribution in [-0.4, -0.2) is 15.3 Å². The number of imidazole rings is 1. The summed E-state index contributed by atoms with van der Waals surface area (Å²) < 4.78 is 41.5. The molecule has 0 fully saturated rings. The largest absolute Gasteiger partial charge is 0.417 e. The third kappa shape index (κ3) is 3.09. The highest BCUT2D eigenvalue weighted by atomic mass is 19.4. The van der Waals surface area contributed by atoms with E-state index in [2.05, 4.69) is 4.98 Å². The molecule has 0 amide bonds. The lowest BCUT2D eigenvalue weighted by molar-refractivity contribution is -0.137. The summed E-state index contributed by atoms with van der Waals surface area (Å²) in [6, 6.07) is 11.0. The third-order valence-corrected chi connectivity index (χ3v) is 3.97. The molecule has 0 N–H and O–H groups in total. The van der Waals surface area contributed by atoms with E-state index in [0.29, 0.717) is 5.69 Å². The molecule has 0 radical (unpaired) electrons. The zero-order valence-corrected chi connectivity index (χ0v) is 13.6. The van der Waals surface area contributed by atoms with Crippen LogP contribution in [0, 0.1) is 11.3 Å². The highest BCUT2D eigenvalue weighted by molar-refractivity contribution is 6.08. The van der Waals surface area contributed by atoms with Crippen LogP contribution >= 0.6 is 0 Å². The summed E-state index contributed by atoms with van der Waals surface area (Å²) in [4.78, 5) is 16.5. The minimum Gasteiger partial charge on any atom is -0.331 e. The molecule has 1 aromatic heterocycles. The zero-order chi connectivity index (χ0) is 18.9. The molecule has 0 aliphatic rings. The first-order valence-corrected chi connectivity index (χ1v) is 7.54. The molecule has 0 atom stereocenters. The number of rotatable bonds is 3. The number of ketones is 1. The second-order valence-electron chi connectivity index (χ2n) is 5.63. The maximum absolute atomic E-state index is 13.3. The van der Waals surface area contributed by atoms with Crippen molar-refractivity contribution >= 4 is 5.78 Å². The van der Waals surface area contributed by atoms with E-state index in [9.17, 15) is 23.2 Å². The summed E-state index contributed by atoms with van der Waals surface area (Å²) in [6.07, 6.45) is -1.74. The standard InChI is InChI=1S/C19H12F3N3O/c1-25-11-24-10-17(25)18(26)12-6-7-13(9-23)15(8-12)14-4-2-3-5-16(14)19(20,21)22/h2-8,10-11H,1H3. The van der Waals surface area contributed by atoms with E-state index >= 15 is 0 Å². The van der Waals surface area contributed by atoms with Crippen molar-refractivity contribution in [2.24, 2.45) is 7.05 Å². The fraction of sp³-hybridized carbons (Fsp3) is 0.105. The van der Waals surface area contributed by atoms with Crippen LogP contribution in [0.15, 0.2) is 55.0 Å². The van der Waals surface area contributed by atoms with Crippen molar-refractivity contribution in [3.05, 3.63) is 77.4 Å². The lowest BCUT2D eigenvalue weighted by Crippen LogP contribution is -2.09. The van der Waals surface area contributed by atoms with Crippen molar-refractivity contribution in [3.63, 3.8) is 0 Å². The number of hydrogen-bond donors (Lipinski definition) is 0. The second-order valence-corrected chi connectivity index (χ2v) is 5.63. The van der Waals surface area contributed by atoms with Crippen molar-refractivity contribution in [3.8, 4) is 17.2 Å². The number of halogens is 3. The van der Waals surface area contributed by atoms with Crippen LogP contribution in [0.1, 0.15) is 27.2 Å².